The summed E-state index contributed by atoms with van der Waals surface area (Å²) in [6.45, 7) is 0.988. The van der Waals surface area contributed by atoms with Crippen LogP contribution in [0.1, 0.15) is 49.5 Å². The molecule has 1 aromatic carbocycles. The Morgan fingerprint density at radius 1 is 1.19 bits per heavy atom. The fourth-order valence-electron chi connectivity index (χ4n) is 5.03. The Labute approximate surface area is 221 Å². The number of carbonyl (C=O) groups excluding carboxylic acids is 3. The molecule has 5 rings (SSSR count). The summed E-state index contributed by atoms with van der Waals surface area (Å²) in [5.74, 6) is -0.256. The van der Waals surface area contributed by atoms with E-state index in [1.54, 1.807) is 30.3 Å². The van der Waals surface area contributed by atoms with E-state index in [9.17, 15) is 18.8 Å². The number of Topliss-reactive ketones (excluding diaryl/α,β-unsaturated/α-hetero) is 1. The van der Waals surface area contributed by atoms with Crippen LogP contribution in [0.3, 0.4) is 0 Å². The van der Waals surface area contributed by atoms with E-state index in [-0.39, 0.29) is 37.1 Å². The Morgan fingerprint density at radius 2 is 1.97 bits per heavy atom. The molecule has 2 aliphatic rings. The molecule has 1 saturated carbocycles. The van der Waals surface area contributed by atoms with Crippen LogP contribution in [0.25, 0.3) is 10.9 Å². The van der Waals surface area contributed by atoms with Gasteiger partial charge in [-0.1, -0.05) is 6.07 Å². The van der Waals surface area contributed by atoms with Crippen LogP contribution in [-0.2, 0) is 16.1 Å². The predicted molar refractivity (Wildman–Crippen MR) is 138 cm³/mol. The summed E-state index contributed by atoms with van der Waals surface area (Å²) in [6, 6.07) is 9.42. The number of likely N-dealkylation sites (tertiary alicyclic amines) is 1. The van der Waals surface area contributed by atoms with Crippen LogP contribution in [0, 0.1) is 0 Å². The lowest BCUT2D eigenvalue weighted by atomic mass is 10.1. The number of aromatic nitrogens is 3. The number of nitrogens with one attached hydrogen (secondary N) is 1. The standard InChI is InChI=1S/C26H27BrFN5O4/c1-15(34)25-19-12-18(37-17-5-2-3-6-17)9-10-20(19)33(31-25)14-24(35)32-13-16(28)11-21(32)26(36)30-23-8-4-7-22(27)29-23/h4,7-10,12,16-17,21H,2-3,5-6,11,13-14H2,1H3,(H,29,30,36)/t16-,21+/m1/s1. The zero-order chi connectivity index (χ0) is 26.1. The van der Waals surface area contributed by atoms with E-state index in [0.29, 0.717) is 27.1 Å². The first-order chi connectivity index (χ1) is 17.8. The van der Waals surface area contributed by atoms with E-state index in [4.69, 9.17) is 4.74 Å². The number of ketones is 1. The number of halogens is 2. The summed E-state index contributed by atoms with van der Waals surface area (Å²) in [5.41, 5.74) is 0.826. The number of alkyl halides is 1. The Hall–Kier alpha value is -3.34. The minimum Gasteiger partial charge on any atom is -0.490 e. The topological polar surface area (TPSA) is 106 Å². The normalized spacial score (nSPS) is 19.9. The number of benzene rings is 1. The number of amides is 2. The van der Waals surface area contributed by atoms with Crippen LogP contribution in [0.2, 0.25) is 0 Å². The van der Waals surface area contributed by atoms with E-state index in [2.05, 4.69) is 31.3 Å². The van der Waals surface area contributed by atoms with Crippen molar-refractivity contribution in [3.05, 3.63) is 46.7 Å². The van der Waals surface area contributed by atoms with Gasteiger partial charge in [-0.05, 0) is 71.9 Å². The van der Waals surface area contributed by atoms with Crippen molar-refractivity contribution in [1.82, 2.24) is 19.7 Å². The molecule has 1 aliphatic heterocycles. The van der Waals surface area contributed by atoms with Gasteiger partial charge in [0, 0.05) is 18.7 Å². The number of hydrogen-bond acceptors (Lipinski definition) is 6. The van der Waals surface area contributed by atoms with Gasteiger partial charge in [0.15, 0.2) is 5.78 Å². The molecule has 0 spiro atoms. The third-order valence-corrected chi connectivity index (χ3v) is 7.23. The van der Waals surface area contributed by atoms with Gasteiger partial charge in [-0.2, -0.15) is 5.10 Å². The molecular weight excluding hydrogens is 545 g/mol. The molecule has 3 heterocycles. The van der Waals surface area contributed by atoms with Gasteiger partial charge in [0.05, 0.1) is 18.2 Å². The molecule has 2 fully saturated rings. The third-order valence-electron chi connectivity index (χ3n) is 6.78. The molecule has 2 aromatic heterocycles. The molecule has 37 heavy (non-hydrogen) atoms. The first-order valence-electron chi connectivity index (χ1n) is 12.3. The fraction of sp³-hybridized carbons (Fsp3) is 0.423. The van der Waals surface area contributed by atoms with Crippen molar-refractivity contribution in [2.45, 2.75) is 63.9 Å². The summed E-state index contributed by atoms with van der Waals surface area (Å²) in [7, 11) is 0. The van der Waals surface area contributed by atoms with Crippen molar-refractivity contribution >= 4 is 50.2 Å². The molecular formula is C26H27BrFN5O4. The van der Waals surface area contributed by atoms with Gasteiger partial charge in [0.25, 0.3) is 0 Å². The Bertz CT molecular complexity index is 1360. The molecule has 194 valence electrons. The monoisotopic (exact) mass is 571 g/mol. The smallest absolute Gasteiger partial charge is 0.248 e. The van der Waals surface area contributed by atoms with Crippen molar-refractivity contribution in [3.63, 3.8) is 0 Å². The second-order valence-electron chi connectivity index (χ2n) is 9.50. The van der Waals surface area contributed by atoms with Crippen molar-refractivity contribution in [1.29, 1.82) is 0 Å². The minimum atomic E-state index is -1.33. The van der Waals surface area contributed by atoms with E-state index in [0.717, 1.165) is 25.7 Å². The Morgan fingerprint density at radius 3 is 2.70 bits per heavy atom. The van der Waals surface area contributed by atoms with E-state index >= 15 is 0 Å². The van der Waals surface area contributed by atoms with E-state index in [1.807, 2.05) is 6.07 Å². The first-order valence-corrected chi connectivity index (χ1v) is 13.1. The lowest BCUT2D eigenvalue weighted by Crippen LogP contribution is -2.44. The second-order valence-corrected chi connectivity index (χ2v) is 10.3. The number of anilines is 1. The van der Waals surface area contributed by atoms with Gasteiger partial charge < -0.3 is 15.0 Å². The lowest BCUT2D eigenvalue weighted by molar-refractivity contribution is -0.137. The van der Waals surface area contributed by atoms with Crippen LogP contribution < -0.4 is 10.1 Å². The number of carbonyl (C=O) groups is 3. The van der Waals surface area contributed by atoms with Crippen LogP contribution in [-0.4, -0.2) is 62.1 Å². The number of pyridine rings is 1. The van der Waals surface area contributed by atoms with E-state index < -0.39 is 24.0 Å². The zero-order valence-electron chi connectivity index (χ0n) is 20.3. The average molecular weight is 572 g/mol. The van der Waals surface area contributed by atoms with Crippen LogP contribution in [0.4, 0.5) is 10.2 Å². The molecule has 1 aliphatic carbocycles. The van der Waals surface area contributed by atoms with Crippen molar-refractivity contribution in [2.24, 2.45) is 0 Å². The SMILES string of the molecule is CC(=O)c1nn(CC(=O)N2C[C@H](F)C[C@H]2C(=O)Nc2cccc(Br)n2)c2ccc(OC3CCCC3)cc12. The Balaban J connectivity index is 1.36. The Kier molecular flexibility index (Phi) is 7.23. The van der Waals surface area contributed by atoms with Gasteiger partial charge in [-0.15, -0.1) is 0 Å². The van der Waals surface area contributed by atoms with Crippen molar-refractivity contribution < 1.29 is 23.5 Å². The highest BCUT2D eigenvalue weighted by atomic mass is 79.9. The van der Waals surface area contributed by atoms with E-state index in [1.165, 1.54) is 16.5 Å². The van der Waals surface area contributed by atoms with Crippen LogP contribution >= 0.6 is 15.9 Å². The molecule has 11 heteroatoms. The highest BCUT2D eigenvalue weighted by Crippen LogP contribution is 2.29. The lowest BCUT2D eigenvalue weighted by Gasteiger charge is -2.23. The first kappa shape index (κ1) is 25.3. The van der Waals surface area contributed by atoms with Gasteiger partial charge in [-0.3, -0.25) is 19.1 Å². The number of nitrogens with zero attached hydrogens (tertiary/aromatic N) is 4. The zero-order valence-corrected chi connectivity index (χ0v) is 21.9. The van der Waals surface area contributed by atoms with Crippen molar-refractivity contribution in [2.75, 3.05) is 11.9 Å². The third kappa shape index (κ3) is 5.51. The maximum Gasteiger partial charge on any atom is 0.248 e. The minimum absolute atomic E-state index is 0.105. The molecule has 2 amide bonds. The summed E-state index contributed by atoms with van der Waals surface area (Å²) < 4.78 is 22.4. The highest BCUT2D eigenvalue weighted by molar-refractivity contribution is 9.10. The van der Waals surface area contributed by atoms with Gasteiger partial charge in [0.1, 0.15) is 40.6 Å². The maximum absolute atomic E-state index is 14.4. The fourth-order valence-corrected chi connectivity index (χ4v) is 5.37. The maximum atomic E-state index is 14.4. The number of fused-ring (bicyclic) bond motifs is 1. The molecule has 0 radical (unpaired) electrons. The van der Waals surface area contributed by atoms with Crippen LogP contribution in [0.5, 0.6) is 5.75 Å². The molecule has 0 unspecified atom stereocenters. The molecule has 2 atom stereocenters. The highest BCUT2D eigenvalue weighted by Gasteiger charge is 2.40. The van der Waals surface area contributed by atoms with Crippen molar-refractivity contribution in [3.8, 4) is 5.75 Å². The quantitative estimate of drug-likeness (QED) is 0.335. The summed E-state index contributed by atoms with van der Waals surface area (Å²) in [5, 5.41) is 7.64. The molecule has 1 N–H and O–H groups in total. The van der Waals surface area contributed by atoms with Gasteiger partial charge in [-0.25, -0.2) is 9.37 Å². The average Bonchev–Trinajstić information content (AvgIpc) is 3.58. The number of ether oxygens (including phenoxy) is 1. The number of hydrogen-bond donors (Lipinski definition) is 1. The summed E-state index contributed by atoms with van der Waals surface area (Å²) >= 11 is 3.25. The largest absolute Gasteiger partial charge is 0.490 e. The molecule has 9 nitrogen and oxygen atoms in total. The summed E-state index contributed by atoms with van der Waals surface area (Å²) in [4.78, 5) is 43.9. The molecule has 0 bridgehead atoms. The molecule has 3 aromatic rings. The molecule has 1 saturated heterocycles. The van der Waals surface area contributed by atoms with Crippen LogP contribution in [0.15, 0.2) is 41.0 Å². The predicted octanol–water partition coefficient (Wildman–Crippen LogP) is 4.30. The van der Waals surface area contributed by atoms with Gasteiger partial charge >= 0.3 is 0 Å². The second kappa shape index (κ2) is 10.6. The number of rotatable bonds is 7. The van der Waals surface area contributed by atoms with Gasteiger partial charge in [0.2, 0.25) is 11.8 Å². The summed E-state index contributed by atoms with van der Waals surface area (Å²) in [6.07, 6.45) is 3.01.